The summed E-state index contributed by atoms with van der Waals surface area (Å²) in [6.45, 7) is 0. The lowest BCUT2D eigenvalue weighted by molar-refractivity contribution is 0.102. The van der Waals surface area contributed by atoms with Gasteiger partial charge >= 0.3 is 0 Å². The van der Waals surface area contributed by atoms with Crippen molar-refractivity contribution in [2.24, 2.45) is 0 Å². The number of carbonyl (C=O) groups is 1. The van der Waals surface area contributed by atoms with E-state index in [-0.39, 0.29) is 10.4 Å². The molecule has 104 valence electrons. The lowest BCUT2D eigenvalue weighted by Gasteiger charge is -2.08. The topological polar surface area (TPSA) is 38.3 Å². The van der Waals surface area contributed by atoms with Gasteiger partial charge in [-0.2, -0.15) is 0 Å². The van der Waals surface area contributed by atoms with E-state index < -0.39 is 5.82 Å². The summed E-state index contributed by atoms with van der Waals surface area (Å²) in [6.07, 6.45) is 0. The average molecular weight is 403 g/mol. The number of rotatable bonds is 3. The van der Waals surface area contributed by atoms with Crippen molar-refractivity contribution in [2.75, 3.05) is 12.4 Å². The van der Waals surface area contributed by atoms with Gasteiger partial charge in [0.25, 0.3) is 5.91 Å². The standard InChI is InChI=1S/C14H10Br2FNO2/c1-20-11-6-9(15)5-10(7-11)18-14(19)8-2-3-13(17)12(16)4-8/h2-7H,1H3,(H,18,19). The van der Waals surface area contributed by atoms with Crippen LogP contribution in [0, 0.1) is 5.82 Å². The first kappa shape index (κ1) is 15.0. The van der Waals surface area contributed by atoms with Crippen LogP contribution >= 0.6 is 31.9 Å². The summed E-state index contributed by atoms with van der Waals surface area (Å²) < 4.78 is 19.3. The second-order valence-electron chi connectivity index (χ2n) is 3.96. The van der Waals surface area contributed by atoms with Gasteiger partial charge in [-0.25, -0.2) is 4.39 Å². The van der Waals surface area contributed by atoms with Crippen LogP contribution in [0.3, 0.4) is 0 Å². The van der Waals surface area contributed by atoms with Crippen molar-refractivity contribution < 1.29 is 13.9 Å². The van der Waals surface area contributed by atoms with Crippen LogP contribution < -0.4 is 10.1 Å². The summed E-state index contributed by atoms with van der Waals surface area (Å²) in [7, 11) is 1.55. The van der Waals surface area contributed by atoms with Gasteiger partial charge in [0, 0.05) is 21.8 Å². The number of benzene rings is 2. The maximum Gasteiger partial charge on any atom is 0.255 e. The number of anilines is 1. The quantitative estimate of drug-likeness (QED) is 0.813. The highest BCUT2D eigenvalue weighted by molar-refractivity contribution is 9.10. The Morgan fingerprint density at radius 1 is 1.20 bits per heavy atom. The summed E-state index contributed by atoms with van der Waals surface area (Å²) in [4.78, 5) is 12.1. The Bertz CT molecular complexity index is 662. The molecule has 0 heterocycles. The highest BCUT2D eigenvalue weighted by atomic mass is 79.9. The number of nitrogens with one attached hydrogen (secondary N) is 1. The largest absolute Gasteiger partial charge is 0.497 e. The zero-order valence-electron chi connectivity index (χ0n) is 10.4. The van der Waals surface area contributed by atoms with E-state index in [1.807, 2.05) is 0 Å². The molecule has 2 rings (SSSR count). The molecule has 0 aliphatic heterocycles. The molecule has 0 aromatic heterocycles. The van der Waals surface area contributed by atoms with Crippen LogP contribution in [0.1, 0.15) is 10.4 Å². The van der Waals surface area contributed by atoms with Gasteiger partial charge < -0.3 is 10.1 Å². The molecule has 0 radical (unpaired) electrons. The molecule has 2 aromatic carbocycles. The molecule has 0 saturated carbocycles. The molecule has 0 aliphatic rings. The number of amides is 1. The van der Waals surface area contributed by atoms with Gasteiger partial charge in [0.2, 0.25) is 0 Å². The molecule has 1 amide bonds. The smallest absolute Gasteiger partial charge is 0.255 e. The summed E-state index contributed by atoms with van der Waals surface area (Å²) >= 11 is 6.38. The van der Waals surface area contributed by atoms with Crippen molar-refractivity contribution in [3.8, 4) is 5.75 Å². The minimum Gasteiger partial charge on any atom is -0.497 e. The predicted molar refractivity (Wildman–Crippen MR) is 82.7 cm³/mol. The lowest BCUT2D eigenvalue weighted by atomic mass is 10.2. The Morgan fingerprint density at radius 2 is 1.95 bits per heavy atom. The third-order valence-electron chi connectivity index (χ3n) is 2.55. The van der Waals surface area contributed by atoms with Crippen molar-refractivity contribution in [3.63, 3.8) is 0 Å². The Morgan fingerprint density at radius 3 is 2.60 bits per heavy atom. The van der Waals surface area contributed by atoms with Crippen LogP contribution in [0.2, 0.25) is 0 Å². The lowest BCUT2D eigenvalue weighted by Crippen LogP contribution is -2.12. The molecule has 0 atom stereocenters. The van der Waals surface area contributed by atoms with E-state index in [1.54, 1.807) is 25.3 Å². The molecule has 0 saturated heterocycles. The average Bonchev–Trinajstić information content (AvgIpc) is 2.41. The third-order valence-corrected chi connectivity index (χ3v) is 3.61. The van der Waals surface area contributed by atoms with E-state index in [2.05, 4.69) is 37.2 Å². The van der Waals surface area contributed by atoms with Crippen LogP contribution in [0.5, 0.6) is 5.75 Å². The first-order chi connectivity index (χ1) is 9.49. The van der Waals surface area contributed by atoms with Crippen LogP contribution in [0.25, 0.3) is 0 Å². The Hall–Kier alpha value is -1.40. The molecule has 0 unspecified atom stereocenters. The molecular weight excluding hydrogens is 393 g/mol. The Kier molecular flexibility index (Phi) is 4.77. The molecular formula is C14H10Br2FNO2. The number of hydrogen-bond acceptors (Lipinski definition) is 2. The summed E-state index contributed by atoms with van der Waals surface area (Å²) in [5, 5.41) is 2.73. The van der Waals surface area contributed by atoms with Gasteiger partial charge in [-0.3, -0.25) is 4.79 Å². The number of halogens is 3. The van der Waals surface area contributed by atoms with Crippen molar-refractivity contribution in [1.29, 1.82) is 0 Å². The van der Waals surface area contributed by atoms with Gasteiger partial charge in [0.05, 0.1) is 11.6 Å². The van der Waals surface area contributed by atoms with Crippen LogP contribution in [0.4, 0.5) is 10.1 Å². The molecule has 3 nitrogen and oxygen atoms in total. The second-order valence-corrected chi connectivity index (χ2v) is 5.73. The molecule has 1 N–H and O–H groups in total. The molecule has 0 spiro atoms. The highest BCUT2D eigenvalue weighted by Gasteiger charge is 2.10. The first-order valence-corrected chi connectivity index (χ1v) is 7.19. The summed E-state index contributed by atoms with van der Waals surface area (Å²) in [5.41, 5.74) is 0.943. The molecule has 6 heteroatoms. The van der Waals surface area contributed by atoms with Crippen LogP contribution in [-0.4, -0.2) is 13.0 Å². The van der Waals surface area contributed by atoms with Crippen LogP contribution in [-0.2, 0) is 0 Å². The van der Waals surface area contributed by atoms with Gasteiger partial charge in [0.1, 0.15) is 11.6 Å². The number of carbonyl (C=O) groups excluding carboxylic acids is 1. The monoisotopic (exact) mass is 401 g/mol. The van der Waals surface area contributed by atoms with E-state index in [9.17, 15) is 9.18 Å². The first-order valence-electron chi connectivity index (χ1n) is 5.60. The van der Waals surface area contributed by atoms with Crippen molar-refractivity contribution in [3.05, 3.63) is 56.7 Å². The number of hydrogen-bond donors (Lipinski definition) is 1. The van der Waals surface area contributed by atoms with Crippen molar-refractivity contribution >= 4 is 43.5 Å². The SMILES string of the molecule is COc1cc(Br)cc(NC(=O)c2ccc(F)c(Br)c2)c1. The maximum atomic E-state index is 13.1. The predicted octanol–water partition coefficient (Wildman–Crippen LogP) is 4.61. The maximum absolute atomic E-state index is 13.1. The Balaban J connectivity index is 2.23. The molecule has 0 bridgehead atoms. The van der Waals surface area contributed by atoms with Gasteiger partial charge in [-0.15, -0.1) is 0 Å². The fourth-order valence-corrected chi connectivity index (χ4v) is 2.44. The molecule has 0 aliphatic carbocycles. The second kappa shape index (κ2) is 6.37. The number of methoxy groups -OCH3 is 1. The van der Waals surface area contributed by atoms with Crippen molar-refractivity contribution in [1.82, 2.24) is 0 Å². The van der Waals surface area contributed by atoms with Gasteiger partial charge in [-0.1, -0.05) is 15.9 Å². The van der Waals surface area contributed by atoms with Gasteiger partial charge in [0.15, 0.2) is 0 Å². The van der Waals surface area contributed by atoms with Crippen molar-refractivity contribution in [2.45, 2.75) is 0 Å². The van der Waals surface area contributed by atoms with E-state index in [0.29, 0.717) is 17.0 Å². The minimum absolute atomic E-state index is 0.247. The summed E-state index contributed by atoms with van der Waals surface area (Å²) in [5.74, 6) is -0.119. The fraction of sp³-hybridized carbons (Fsp3) is 0.0714. The minimum atomic E-state index is -0.411. The normalized spacial score (nSPS) is 10.2. The van der Waals surface area contributed by atoms with E-state index in [1.165, 1.54) is 18.2 Å². The highest BCUT2D eigenvalue weighted by Crippen LogP contribution is 2.25. The third kappa shape index (κ3) is 3.58. The fourth-order valence-electron chi connectivity index (χ4n) is 1.59. The van der Waals surface area contributed by atoms with E-state index in [4.69, 9.17) is 4.74 Å². The van der Waals surface area contributed by atoms with E-state index >= 15 is 0 Å². The molecule has 20 heavy (non-hydrogen) atoms. The molecule has 2 aromatic rings. The van der Waals surface area contributed by atoms with Crippen LogP contribution in [0.15, 0.2) is 45.3 Å². The number of ether oxygens (including phenoxy) is 1. The summed E-state index contributed by atoms with van der Waals surface area (Å²) in [6, 6.07) is 9.31. The van der Waals surface area contributed by atoms with Gasteiger partial charge in [-0.05, 0) is 46.3 Å². The van der Waals surface area contributed by atoms with E-state index in [0.717, 1.165) is 4.47 Å². The zero-order valence-corrected chi connectivity index (χ0v) is 13.6. The Labute approximate surface area is 132 Å². The zero-order chi connectivity index (χ0) is 14.7. The molecule has 0 fully saturated rings.